The summed E-state index contributed by atoms with van der Waals surface area (Å²) in [5.74, 6) is -0.204. The largest absolute Gasteiger partial charge is 0.352 e. The van der Waals surface area contributed by atoms with Gasteiger partial charge in [-0.15, -0.1) is 0 Å². The van der Waals surface area contributed by atoms with Gasteiger partial charge in [-0.2, -0.15) is 0 Å². The number of carbonyl (C=O) groups is 3. The van der Waals surface area contributed by atoms with Crippen LogP contribution in [0.1, 0.15) is 30.5 Å². The maximum Gasteiger partial charge on any atom is 0.321 e. The normalized spacial score (nSPS) is 18.9. The molecule has 0 spiro atoms. The molecule has 2 unspecified atom stereocenters. The molecule has 0 saturated carbocycles. The number of anilines is 1. The molecule has 0 radical (unpaired) electrons. The van der Waals surface area contributed by atoms with Crippen LogP contribution in [0.25, 0.3) is 0 Å². The van der Waals surface area contributed by atoms with Gasteiger partial charge in [-0.05, 0) is 36.6 Å². The van der Waals surface area contributed by atoms with Crippen molar-refractivity contribution in [1.82, 2.24) is 20.9 Å². The Morgan fingerprint density at radius 3 is 2.53 bits per heavy atom. The first kappa shape index (κ1) is 21.7. The molecule has 0 aromatic heterocycles. The van der Waals surface area contributed by atoms with Crippen molar-refractivity contribution in [1.29, 1.82) is 0 Å². The number of benzene rings is 2. The molecular formula is C24H29N5O3. The highest BCUT2D eigenvalue weighted by molar-refractivity contribution is 5.94. The number of nitrogens with zero attached hydrogens (tertiary/aromatic N) is 2. The van der Waals surface area contributed by atoms with Crippen LogP contribution in [0.5, 0.6) is 0 Å². The molecule has 2 aliphatic heterocycles. The molecule has 0 aliphatic carbocycles. The predicted octanol–water partition coefficient (Wildman–Crippen LogP) is 2.63. The molecule has 2 aromatic rings. The summed E-state index contributed by atoms with van der Waals surface area (Å²) in [5.41, 5.74) is 2.85. The summed E-state index contributed by atoms with van der Waals surface area (Å²) < 4.78 is 0. The fourth-order valence-corrected chi connectivity index (χ4v) is 4.11. The number of hydrogen-bond acceptors (Lipinski definition) is 3. The lowest BCUT2D eigenvalue weighted by molar-refractivity contribution is -0.124. The monoisotopic (exact) mass is 435 g/mol. The minimum absolute atomic E-state index is 0.0151. The molecule has 8 heteroatoms. The Morgan fingerprint density at radius 2 is 1.84 bits per heavy atom. The van der Waals surface area contributed by atoms with Gasteiger partial charge in [0.2, 0.25) is 5.91 Å². The third-order valence-electron chi connectivity index (χ3n) is 6.06. The van der Waals surface area contributed by atoms with Crippen LogP contribution in [-0.4, -0.2) is 49.0 Å². The number of amides is 5. The summed E-state index contributed by atoms with van der Waals surface area (Å²) in [6.07, 6.45) is 0.662. The summed E-state index contributed by atoms with van der Waals surface area (Å²) >= 11 is 0. The number of rotatable bonds is 6. The maximum atomic E-state index is 12.7. The van der Waals surface area contributed by atoms with E-state index in [1.54, 1.807) is 9.80 Å². The lowest BCUT2D eigenvalue weighted by Crippen LogP contribution is -2.41. The summed E-state index contributed by atoms with van der Waals surface area (Å²) in [5, 5.41) is 8.77. The highest BCUT2D eigenvalue weighted by Gasteiger charge is 2.31. The van der Waals surface area contributed by atoms with Crippen LogP contribution in [-0.2, 0) is 11.3 Å². The fraction of sp³-hybridized carbons (Fsp3) is 0.375. The molecule has 0 bridgehead atoms. The quantitative estimate of drug-likeness (QED) is 0.651. The number of carbonyl (C=O) groups excluding carboxylic acids is 3. The van der Waals surface area contributed by atoms with Crippen molar-refractivity contribution < 1.29 is 14.4 Å². The first-order valence-electron chi connectivity index (χ1n) is 11.0. The van der Waals surface area contributed by atoms with Crippen LogP contribution in [0, 0.1) is 5.92 Å². The van der Waals surface area contributed by atoms with E-state index in [1.165, 1.54) is 0 Å². The zero-order valence-electron chi connectivity index (χ0n) is 18.2. The second-order valence-electron chi connectivity index (χ2n) is 8.28. The third-order valence-corrected chi connectivity index (χ3v) is 6.06. The van der Waals surface area contributed by atoms with E-state index in [0.29, 0.717) is 39.1 Å². The van der Waals surface area contributed by atoms with E-state index < -0.39 is 0 Å². The van der Waals surface area contributed by atoms with Crippen LogP contribution in [0.4, 0.5) is 15.3 Å². The van der Waals surface area contributed by atoms with Gasteiger partial charge in [0.25, 0.3) is 0 Å². The molecular weight excluding hydrogens is 406 g/mol. The highest BCUT2D eigenvalue weighted by Crippen LogP contribution is 2.22. The zero-order valence-corrected chi connectivity index (χ0v) is 18.2. The number of hydrogen-bond donors (Lipinski definition) is 3. The molecule has 2 aliphatic rings. The number of likely N-dealkylation sites (tertiary alicyclic amines) is 1. The van der Waals surface area contributed by atoms with Crippen LogP contribution >= 0.6 is 0 Å². The summed E-state index contributed by atoms with van der Waals surface area (Å²) in [4.78, 5) is 40.4. The van der Waals surface area contributed by atoms with Gasteiger partial charge in [0, 0.05) is 38.4 Å². The Morgan fingerprint density at radius 1 is 1.09 bits per heavy atom. The van der Waals surface area contributed by atoms with Crippen LogP contribution in [0.2, 0.25) is 0 Å². The van der Waals surface area contributed by atoms with E-state index >= 15 is 0 Å². The molecule has 3 N–H and O–H groups in total. The molecule has 2 heterocycles. The van der Waals surface area contributed by atoms with Crippen molar-refractivity contribution in [2.75, 3.05) is 31.1 Å². The van der Waals surface area contributed by atoms with Gasteiger partial charge in [-0.25, -0.2) is 9.59 Å². The van der Waals surface area contributed by atoms with Crippen molar-refractivity contribution in [3.05, 3.63) is 65.7 Å². The molecule has 2 saturated heterocycles. The van der Waals surface area contributed by atoms with E-state index in [4.69, 9.17) is 0 Å². The van der Waals surface area contributed by atoms with Crippen molar-refractivity contribution in [2.24, 2.45) is 5.92 Å². The highest BCUT2D eigenvalue weighted by atomic mass is 16.2. The molecule has 2 fully saturated rings. The first-order valence-corrected chi connectivity index (χ1v) is 11.0. The smallest absolute Gasteiger partial charge is 0.321 e. The van der Waals surface area contributed by atoms with E-state index in [9.17, 15) is 14.4 Å². The Kier molecular flexibility index (Phi) is 6.58. The molecule has 168 valence electrons. The Labute approximate surface area is 188 Å². The van der Waals surface area contributed by atoms with Gasteiger partial charge in [0.15, 0.2) is 0 Å². The van der Waals surface area contributed by atoms with Gasteiger partial charge in [-0.3, -0.25) is 9.69 Å². The second-order valence-corrected chi connectivity index (χ2v) is 8.28. The molecule has 8 nitrogen and oxygen atoms in total. The Bertz CT molecular complexity index is 963. The van der Waals surface area contributed by atoms with E-state index in [1.807, 2.05) is 61.5 Å². The fourth-order valence-electron chi connectivity index (χ4n) is 4.11. The van der Waals surface area contributed by atoms with Crippen LogP contribution in [0.15, 0.2) is 54.6 Å². The zero-order chi connectivity index (χ0) is 22.5. The average Bonchev–Trinajstić information content (AvgIpc) is 3.48. The van der Waals surface area contributed by atoms with Crippen molar-refractivity contribution in [3.8, 4) is 0 Å². The van der Waals surface area contributed by atoms with Gasteiger partial charge >= 0.3 is 12.1 Å². The lowest BCUT2D eigenvalue weighted by Gasteiger charge is -2.22. The van der Waals surface area contributed by atoms with Crippen molar-refractivity contribution >= 4 is 23.7 Å². The summed E-state index contributed by atoms with van der Waals surface area (Å²) in [6.45, 7) is 4.70. The van der Waals surface area contributed by atoms with E-state index in [2.05, 4.69) is 16.0 Å². The molecule has 4 rings (SSSR count). The topological polar surface area (TPSA) is 93.8 Å². The average molecular weight is 436 g/mol. The molecule has 32 heavy (non-hydrogen) atoms. The van der Waals surface area contributed by atoms with Gasteiger partial charge in [-0.1, -0.05) is 42.5 Å². The van der Waals surface area contributed by atoms with Gasteiger partial charge in [0.05, 0.1) is 12.0 Å². The van der Waals surface area contributed by atoms with Gasteiger partial charge in [0.1, 0.15) is 0 Å². The third kappa shape index (κ3) is 5.01. The minimum Gasteiger partial charge on any atom is -0.352 e. The molecule has 5 amide bonds. The second kappa shape index (κ2) is 9.72. The Balaban J connectivity index is 1.25. The van der Waals surface area contributed by atoms with E-state index in [0.717, 1.165) is 16.8 Å². The SMILES string of the molecule is CC(NC(=O)N1CCC(C(=O)NCc2ccccc2)C1)c1ccc(N2CCNC2=O)cc1. The van der Waals surface area contributed by atoms with Gasteiger partial charge < -0.3 is 20.9 Å². The van der Waals surface area contributed by atoms with Crippen molar-refractivity contribution in [3.63, 3.8) is 0 Å². The van der Waals surface area contributed by atoms with Crippen molar-refractivity contribution in [2.45, 2.75) is 25.9 Å². The number of urea groups is 2. The maximum absolute atomic E-state index is 12.7. The Hall–Kier alpha value is -3.55. The first-order chi connectivity index (χ1) is 15.5. The predicted molar refractivity (Wildman–Crippen MR) is 122 cm³/mol. The molecule has 2 atom stereocenters. The standard InChI is InChI=1S/C24H29N5O3/c1-17(19-7-9-21(10-8-19)29-14-12-25-23(29)31)27-24(32)28-13-11-20(16-28)22(30)26-15-18-5-3-2-4-6-18/h2-10,17,20H,11-16H2,1H3,(H,25,31)(H,26,30)(H,27,32). The van der Waals surface area contributed by atoms with Crippen LogP contribution < -0.4 is 20.9 Å². The molecule has 2 aromatic carbocycles. The summed E-state index contributed by atoms with van der Waals surface area (Å²) in [7, 11) is 0. The van der Waals surface area contributed by atoms with Crippen LogP contribution in [0.3, 0.4) is 0 Å². The minimum atomic E-state index is -0.189. The summed E-state index contributed by atoms with van der Waals surface area (Å²) in [6, 6.07) is 17.0. The lowest BCUT2D eigenvalue weighted by atomic mass is 10.1. The number of nitrogens with one attached hydrogen (secondary N) is 3. The van der Waals surface area contributed by atoms with E-state index in [-0.39, 0.29) is 29.9 Å².